The fourth-order valence-corrected chi connectivity index (χ4v) is 4.47. The SMILES string of the molecule is Cc1cccc([C@@H]2C[C@H](C(=O)Nc3ccc(F)c(Cl)c3)N(C)S(=O)(=O)N2)c1. The zero-order valence-corrected chi connectivity index (χ0v) is 16.3. The summed E-state index contributed by atoms with van der Waals surface area (Å²) in [7, 11) is -2.49. The van der Waals surface area contributed by atoms with Crippen molar-refractivity contribution in [2.24, 2.45) is 0 Å². The number of hydrogen-bond donors (Lipinski definition) is 2. The van der Waals surface area contributed by atoms with Gasteiger partial charge in [-0.05, 0) is 37.1 Å². The molecule has 0 saturated carbocycles. The topological polar surface area (TPSA) is 78.5 Å². The van der Waals surface area contributed by atoms with Crippen LogP contribution in [0.15, 0.2) is 42.5 Å². The number of amides is 1. The molecule has 1 saturated heterocycles. The lowest BCUT2D eigenvalue weighted by Gasteiger charge is -2.36. The molecule has 9 heteroatoms. The van der Waals surface area contributed by atoms with E-state index >= 15 is 0 Å². The molecule has 1 fully saturated rings. The highest BCUT2D eigenvalue weighted by molar-refractivity contribution is 7.87. The van der Waals surface area contributed by atoms with Crippen LogP contribution in [0, 0.1) is 12.7 Å². The average molecular weight is 412 g/mol. The molecule has 27 heavy (non-hydrogen) atoms. The smallest absolute Gasteiger partial charge is 0.280 e. The molecule has 144 valence electrons. The Labute approximate surface area is 162 Å². The van der Waals surface area contributed by atoms with Crippen LogP contribution in [0.5, 0.6) is 0 Å². The molecule has 2 aromatic rings. The van der Waals surface area contributed by atoms with E-state index in [0.29, 0.717) is 5.69 Å². The average Bonchev–Trinajstić information content (AvgIpc) is 2.60. The van der Waals surface area contributed by atoms with Gasteiger partial charge in [-0.15, -0.1) is 0 Å². The molecule has 1 aliphatic heterocycles. The summed E-state index contributed by atoms with van der Waals surface area (Å²) in [5.74, 6) is -1.11. The third-order valence-corrected chi connectivity index (χ3v) is 6.39. The minimum atomic E-state index is -3.84. The maximum absolute atomic E-state index is 13.3. The molecule has 0 bridgehead atoms. The summed E-state index contributed by atoms with van der Waals surface area (Å²) in [5.41, 5.74) is 2.07. The van der Waals surface area contributed by atoms with Crippen molar-refractivity contribution in [3.8, 4) is 0 Å². The van der Waals surface area contributed by atoms with Gasteiger partial charge in [0.1, 0.15) is 11.9 Å². The molecule has 2 aromatic carbocycles. The first-order chi connectivity index (χ1) is 12.7. The Kier molecular flexibility index (Phi) is 5.53. The number of carbonyl (C=O) groups excluding carboxylic acids is 1. The number of benzene rings is 2. The van der Waals surface area contributed by atoms with Crippen molar-refractivity contribution < 1.29 is 17.6 Å². The van der Waals surface area contributed by atoms with Crippen LogP contribution in [0.3, 0.4) is 0 Å². The van der Waals surface area contributed by atoms with Gasteiger partial charge >= 0.3 is 0 Å². The van der Waals surface area contributed by atoms with Crippen LogP contribution in [0.4, 0.5) is 10.1 Å². The van der Waals surface area contributed by atoms with Crippen molar-refractivity contribution in [3.63, 3.8) is 0 Å². The number of anilines is 1. The van der Waals surface area contributed by atoms with Gasteiger partial charge in [0.15, 0.2) is 0 Å². The summed E-state index contributed by atoms with van der Waals surface area (Å²) in [6.07, 6.45) is 0.250. The molecular weight excluding hydrogens is 393 g/mol. The minimum Gasteiger partial charge on any atom is -0.325 e. The quantitative estimate of drug-likeness (QED) is 0.814. The van der Waals surface area contributed by atoms with Crippen LogP contribution in [0.2, 0.25) is 5.02 Å². The predicted octanol–water partition coefficient (Wildman–Crippen LogP) is 3.01. The van der Waals surface area contributed by atoms with E-state index in [4.69, 9.17) is 11.6 Å². The molecule has 2 atom stereocenters. The largest absolute Gasteiger partial charge is 0.325 e. The molecular formula is C18H19ClFN3O3S. The second-order valence-corrected chi connectivity index (χ2v) is 8.64. The maximum atomic E-state index is 13.3. The fourth-order valence-electron chi connectivity index (χ4n) is 3.01. The third kappa shape index (κ3) is 4.30. The molecule has 6 nitrogen and oxygen atoms in total. The molecule has 1 heterocycles. The molecule has 3 rings (SSSR count). The number of aryl methyl sites for hydroxylation is 1. The summed E-state index contributed by atoms with van der Waals surface area (Å²) < 4.78 is 41.8. The Balaban J connectivity index is 1.85. The zero-order chi connectivity index (χ0) is 19.8. The lowest BCUT2D eigenvalue weighted by atomic mass is 9.98. The molecule has 0 aromatic heterocycles. The molecule has 1 aliphatic rings. The van der Waals surface area contributed by atoms with Crippen molar-refractivity contribution in [3.05, 3.63) is 64.4 Å². The lowest BCUT2D eigenvalue weighted by Crippen LogP contribution is -2.55. The van der Waals surface area contributed by atoms with Crippen molar-refractivity contribution in [1.82, 2.24) is 9.03 Å². The highest BCUT2D eigenvalue weighted by Gasteiger charge is 2.40. The van der Waals surface area contributed by atoms with Gasteiger partial charge in [-0.2, -0.15) is 17.4 Å². The summed E-state index contributed by atoms with van der Waals surface area (Å²) in [6.45, 7) is 1.91. The number of halogens is 2. The van der Waals surface area contributed by atoms with Gasteiger partial charge in [0.05, 0.1) is 5.02 Å². The first kappa shape index (κ1) is 19.8. The molecule has 1 amide bonds. The van der Waals surface area contributed by atoms with E-state index in [1.54, 1.807) is 0 Å². The van der Waals surface area contributed by atoms with E-state index in [0.717, 1.165) is 21.5 Å². The van der Waals surface area contributed by atoms with Gasteiger partial charge in [-0.25, -0.2) is 4.39 Å². The number of likely N-dealkylation sites (N-methyl/N-ethyl adjacent to an activating group) is 1. The summed E-state index contributed by atoms with van der Waals surface area (Å²) in [4.78, 5) is 12.7. The van der Waals surface area contributed by atoms with Crippen LogP contribution in [-0.2, 0) is 15.0 Å². The maximum Gasteiger partial charge on any atom is 0.280 e. The lowest BCUT2D eigenvalue weighted by molar-refractivity contribution is -0.120. The van der Waals surface area contributed by atoms with Crippen LogP contribution in [0.25, 0.3) is 0 Å². The van der Waals surface area contributed by atoms with Crippen molar-refractivity contribution >= 4 is 33.4 Å². The van der Waals surface area contributed by atoms with Crippen LogP contribution >= 0.6 is 11.6 Å². The Morgan fingerprint density at radius 3 is 2.70 bits per heavy atom. The van der Waals surface area contributed by atoms with Crippen molar-refractivity contribution in [1.29, 1.82) is 0 Å². The molecule has 0 spiro atoms. The van der Waals surface area contributed by atoms with E-state index in [1.165, 1.54) is 19.2 Å². The van der Waals surface area contributed by atoms with Gasteiger partial charge < -0.3 is 5.32 Å². The monoisotopic (exact) mass is 411 g/mol. The zero-order valence-electron chi connectivity index (χ0n) is 14.7. The standard InChI is InChI=1S/C18H19ClFN3O3S/c1-11-4-3-5-12(8-11)16-10-17(23(2)27(25,26)22-16)18(24)21-13-6-7-15(20)14(19)9-13/h3-9,16-17,22H,10H2,1-2H3,(H,21,24)/t16-,17+/m0/s1. The Morgan fingerprint density at radius 2 is 2.04 bits per heavy atom. The van der Waals surface area contributed by atoms with E-state index in [-0.39, 0.29) is 11.4 Å². The number of rotatable bonds is 3. The fraction of sp³-hybridized carbons (Fsp3) is 0.278. The van der Waals surface area contributed by atoms with Crippen LogP contribution in [0.1, 0.15) is 23.6 Å². The van der Waals surface area contributed by atoms with Crippen molar-refractivity contribution in [2.45, 2.75) is 25.4 Å². The third-order valence-electron chi connectivity index (χ3n) is 4.50. The summed E-state index contributed by atoms with van der Waals surface area (Å²) in [5, 5.41) is 2.48. The van der Waals surface area contributed by atoms with Crippen LogP contribution in [-0.4, -0.2) is 31.7 Å². The number of nitrogens with zero attached hydrogens (tertiary/aromatic N) is 1. The Morgan fingerprint density at radius 1 is 1.30 bits per heavy atom. The van der Waals surface area contributed by atoms with E-state index in [9.17, 15) is 17.6 Å². The van der Waals surface area contributed by atoms with E-state index in [2.05, 4.69) is 10.0 Å². The first-order valence-electron chi connectivity index (χ1n) is 8.25. The van der Waals surface area contributed by atoms with Gasteiger partial charge in [0.25, 0.3) is 10.2 Å². The molecule has 0 unspecified atom stereocenters. The predicted molar refractivity (Wildman–Crippen MR) is 102 cm³/mol. The van der Waals surface area contributed by atoms with E-state index < -0.39 is 34.0 Å². The Bertz CT molecular complexity index is 984. The normalized spacial score (nSPS) is 22.4. The highest BCUT2D eigenvalue weighted by Crippen LogP contribution is 2.29. The summed E-state index contributed by atoms with van der Waals surface area (Å²) >= 11 is 5.73. The van der Waals surface area contributed by atoms with Gasteiger partial charge in [0, 0.05) is 18.8 Å². The second-order valence-electron chi connectivity index (χ2n) is 6.48. The molecule has 0 aliphatic carbocycles. The van der Waals surface area contributed by atoms with Crippen LogP contribution < -0.4 is 10.0 Å². The molecule has 0 radical (unpaired) electrons. The van der Waals surface area contributed by atoms with Gasteiger partial charge in [-0.1, -0.05) is 41.4 Å². The number of hydrogen-bond acceptors (Lipinski definition) is 3. The molecule has 2 N–H and O–H groups in total. The van der Waals surface area contributed by atoms with Gasteiger partial charge in [0.2, 0.25) is 5.91 Å². The number of carbonyl (C=O) groups is 1. The number of nitrogens with one attached hydrogen (secondary N) is 2. The second kappa shape index (κ2) is 7.55. The first-order valence-corrected chi connectivity index (χ1v) is 10.1. The minimum absolute atomic E-state index is 0.128. The van der Waals surface area contributed by atoms with Crippen molar-refractivity contribution in [2.75, 3.05) is 12.4 Å². The highest BCUT2D eigenvalue weighted by atomic mass is 35.5. The Hall–Kier alpha value is -2.00. The summed E-state index contributed by atoms with van der Waals surface area (Å²) in [6, 6.07) is 9.78. The van der Waals surface area contributed by atoms with E-state index in [1.807, 2.05) is 31.2 Å². The van der Waals surface area contributed by atoms with Gasteiger partial charge in [-0.3, -0.25) is 4.79 Å².